The highest BCUT2D eigenvalue weighted by molar-refractivity contribution is 5.91. The predicted molar refractivity (Wildman–Crippen MR) is 124 cm³/mol. The third-order valence-electron chi connectivity index (χ3n) is 5.75. The quantitative estimate of drug-likeness (QED) is 0.249. The smallest absolute Gasteiger partial charge is 0.338 e. The molecule has 3 aromatic carbocycles. The van der Waals surface area contributed by atoms with Crippen LogP contribution in [0.2, 0.25) is 0 Å². The molecule has 1 aliphatic heterocycles. The van der Waals surface area contributed by atoms with Gasteiger partial charge in [0.1, 0.15) is 23.4 Å². The number of aromatic hydroxyl groups is 5. The van der Waals surface area contributed by atoms with Crippen LogP contribution in [0.15, 0.2) is 36.4 Å². The molecule has 190 valence electrons. The Morgan fingerprint density at radius 1 is 0.833 bits per heavy atom. The third-order valence-corrected chi connectivity index (χ3v) is 5.75. The normalized spacial score (nSPS) is 16.4. The molecule has 11 nitrogen and oxygen atoms in total. The number of esters is 1. The molecule has 0 saturated heterocycles. The molecule has 5 N–H and O–H groups in total. The first-order chi connectivity index (χ1) is 17.2. The van der Waals surface area contributed by atoms with E-state index in [4.69, 9.17) is 23.7 Å². The van der Waals surface area contributed by atoms with Crippen LogP contribution >= 0.6 is 0 Å². The van der Waals surface area contributed by atoms with E-state index in [-0.39, 0.29) is 57.6 Å². The number of methoxy groups -OCH3 is 3. The van der Waals surface area contributed by atoms with Crippen molar-refractivity contribution in [1.82, 2.24) is 0 Å². The lowest BCUT2D eigenvalue weighted by Gasteiger charge is -2.34. The number of hydrogen-bond acceptors (Lipinski definition) is 11. The Morgan fingerprint density at radius 3 is 2.00 bits per heavy atom. The lowest BCUT2D eigenvalue weighted by Crippen LogP contribution is -2.34. The minimum atomic E-state index is -1.10. The SMILES string of the molecule is COc1cc(C(=O)O[C@@H]2Cc3c(O)cc(O)cc3O[C@@H]2c2cc(O)c(O)c(O)c2)cc(OC)c1OC. The van der Waals surface area contributed by atoms with E-state index < -0.39 is 35.4 Å². The molecule has 36 heavy (non-hydrogen) atoms. The van der Waals surface area contributed by atoms with Crippen LogP contribution in [0.3, 0.4) is 0 Å². The number of carbonyl (C=O) groups excluding carboxylic acids is 1. The van der Waals surface area contributed by atoms with Crippen LogP contribution in [0, 0.1) is 0 Å². The van der Waals surface area contributed by atoms with Crippen molar-refractivity contribution in [3.05, 3.63) is 53.1 Å². The standard InChI is InChI=1S/C25H24O11/c1-32-19-6-12(7-20(33-2)24(19)34-3)25(31)36-21-10-14-15(27)8-13(26)9-18(14)35-23(21)11-4-16(28)22(30)17(29)5-11/h4-9,21,23,26-30H,10H2,1-3H3/t21-,23-/m1/s1. The Labute approximate surface area is 205 Å². The molecule has 0 spiro atoms. The Kier molecular flexibility index (Phi) is 6.47. The molecule has 0 saturated carbocycles. The van der Waals surface area contributed by atoms with Crippen LogP contribution in [0.4, 0.5) is 0 Å². The van der Waals surface area contributed by atoms with Crippen molar-refractivity contribution in [2.24, 2.45) is 0 Å². The minimum Gasteiger partial charge on any atom is -0.508 e. The summed E-state index contributed by atoms with van der Waals surface area (Å²) in [7, 11) is 4.22. The number of rotatable bonds is 6. The maximum absolute atomic E-state index is 13.2. The highest BCUT2D eigenvalue weighted by Gasteiger charge is 2.37. The summed E-state index contributed by atoms with van der Waals surface area (Å²) in [5, 5.41) is 50.0. The van der Waals surface area contributed by atoms with Crippen LogP contribution in [0.25, 0.3) is 0 Å². The molecule has 0 fully saturated rings. The molecule has 3 aromatic rings. The first-order valence-corrected chi connectivity index (χ1v) is 10.6. The zero-order valence-corrected chi connectivity index (χ0v) is 19.5. The van der Waals surface area contributed by atoms with E-state index in [1.54, 1.807) is 0 Å². The maximum Gasteiger partial charge on any atom is 0.338 e. The number of carbonyl (C=O) groups is 1. The van der Waals surface area contributed by atoms with Crippen LogP contribution < -0.4 is 18.9 Å². The van der Waals surface area contributed by atoms with E-state index >= 15 is 0 Å². The fourth-order valence-corrected chi connectivity index (χ4v) is 4.03. The van der Waals surface area contributed by atoms with E-state index in [1.165, 1.54) is 39.5 Å². The van der Waals surface area contributed by atoms with Gasteiger partial charge in [-0.15, -0.1) is 0 Å². The average molecular weight is 500 g/mol. The van der Waals surface area contributed by atoms with Gasteiger partial charge in [0.15, 0.2) is 34.9 Å². The van der Waals surface area contributed by atoms with Gasteiger partial charge in [-0.1, -0.05) is 0 Å². The highest BCUT2D eigenvalue weighted by atomic mass is 16.6. The number of hydrogen-bond donors (Lipinski definition) is 5. The van der Waals surface area contributed by atoms with Gasteiger partial charge in [0.2, 0.25) is 5.75 Å². The number of ether oxygens (including phenoxy) is 5. The minimum absolute atomic E-state index is 0.0370. The molecule has 2 atom stereocenters. The fourth-order valence-electron chi connectivity index (χ4n) is 4.03. The molecule has 4 rings (SSSR count). The topological polar surface area (TPSA) is 164 Å². The van der Waals surface area contributed by atoms with E-state index in [1.807, 2.05) is 0 Å². The number of phenols is 5. The summed E-state index contributed by atoms with van der Waals surface area (Å²) in [6, 6.07) is 7.51. The van der Waals surface area contributed by atoms with Crippen LogP contribution in [-0.2, 0) is 11.2 Å². The second-order valence-corrected chi connectivity index (χ2v) is 7.95. The van der Waals surface area contributed by atoms with Crippen LogP contribution in [0.1, 0.15) is 27.6 Å². The summed E-state index contributed by atoms with van der Waals surface area (Å²) in [5.41, 5.74) is 0.512. The van der Waals surface area contributed by atoms with E-state index in [0.29, 0.717) is 0 Å². The number of fused-ring (bicyclic) bond motifs is 1. The summed E-state index contributed by atoms with van der Waals surface area (Å²) in [5.74, 6) is -2.42. The molecule has 0 unspecified atom stereocenters. The molecule has 0 radical (unpaired) electrons. The van der Waals surface area contributed by atoms with Crippen molar-refractivity contribution in [3.8, 4) is 51.7 Å². The van der Waals surface area contributed by atoms with Gasteiger partial charge in [-0.05, 0) is 24.3 Å². The Balaban J connectivity index is 1.75. The molecule has 11 heteroatoms. The fraction of sp³-hybridized carbons (Fsp3) is 0.240. The first kappa shape index (κ1) is 24.5. The largest absolute Gasteiger partial charge is 0.508 e. The molecule has 0 aliphatic carbocycles. The average Bonchev–Trinajstić information content (AvgIpc) is 2.85. The van der Waals surface area contributed by atoms with E-state index in [0.717, 1.165) is 18.2 Å². The molecule has 0 aromatic heterocycles. The summed E-state index contributed by atoms with van der Waals surface area (Å²) in [6.07, 6.45) is -2.20. The van der Waals surface area contributed by atoms with Crippen LogP contribution in [0.5, 0.6) is 51.7 Å². The Bertz CT molecular complexity index is 1270. The third kappa shape index (κ3) is 4.38. The lowest BCUT2D eigenvalue weighted by molar-refractivity contribution is -0.0189. The van der Waals surface area contributed by atoms with Gasteiger partial charge in [-0.3, -0.25) is 0 Å². The van der Waals surface area contributed by atoms with Gasteiger partial charge in [0.25, 0.3) is 0 Å². The zero-order chi connectivity index (χ0) is 26.1. The maximum atomic E-state index is 13.2. The zero-order valence-electron chi connectivity index (χ0n) is 19.5. The van der Waals surface area contributed by atoms with Crippen molar-refractivity contribution in [3.63, 3.8) is 0 Å². The molecule has 0 bridgehead atoms. The van der Waals surface area contributed by atoms with Gasteiger partial charge < -0.3 is 49.2 Å². The van der Waals surface area contributed by atoms with Crippen molar-refractivity contribution in [1.29, 1.82) is 0 Å². The van der Waals surface area contributed by atoms with Gasteiger partial charge in [-0.25, -0.2) is 4.79 Å². The van der Waals surface area contributed by atoms with Gasteiger partial charge in [0.05, 0.1) is 26.9 Å². The molecular weight excluding hydrogens is 476 g/mol. The highest BCUT2D eigenvalue weighted by Crippen LogP contribution is 2.46. The van der Waals surface area contributed by atoms with Gasteiger partial charge in [-0.2, -0.15) is 0 Å². The van der Waals surface area contributed by atoms with Crippen molar-refractivity contribution >= 4 is 5.97 Å². The molecule has 1 aliphatic rings. The number of phenolic OH excluding ortho intramolecular Hbond substituents is 5. The van der Waals surface area contributed by atoms with E-state index in [9.17, 15) is 30.3 Å². The summed E-state index contributed by atoms with van der Waals surface area (Å²) in [6.45, 7) is 0. The molecule has 0 amide bonds. The first-order valence-electron chi connectivity index (χ1n) is 10.6. The number of benzene rings is 3. The van der Waals surface area contributed by atoms with Crippen LogP contribution in [-0.4, -0.2) is 58.9 Å². The Morgan fingerprint density at radius 2 is 1.44 bits per heavy atom. The predicted octanol–water partition coefficient (Wildman–Crippen LogP) is 3.14. The monoisotopic (exact) mass is 500 g/mol. The second kappa shape index (κ2) is 9.53. The molecule has 1 heterocycles. The summed E-state index contributed by atoms with van der Waals surface area (Å²) < 4.78 is 27.5. The van der Waals surface area contributed by atoms with Crippen molar-refractivity contribution in [2.75, 3.05) is 21.3 Å². The molecular formula is C25H24O11. The van der Waals surface area contributed by atoms with Gasteiger partial charge in [0, 0.05) is 29.7 Å². The lowest BCUT2D eigenvalue weighted by atomic mass is 9.93. The Hall–Kier alpha value is -4.67. The summed E-state index contributed by atoms with van der Waals surface area (Å²) in [4.78, 5) is 13.2. The van der Waals surface area contributed by atoms with E-state index in [2.05, 4.69) is 0 Å². The van der Waals surface area contributed by atoms with Gasteiger partial charge >= 0.3 is 5.97 Å². The van der Waals surface area contributed by atoms with Crippen molar-refractivity contribution < 1.29 is 54.0 Å². The van der Waals surface area contributed by atoms with Crippen molar-refractivity contribution in [2.45, 2.75) is 18.6 Å². The summed E-state index contributed by atoms with van der Waals surface area (Å²) >= 11 is 0. The second-order valence-electron chi connectivity index (χ2n) is 7.95.